The van der Waals surface area contributed by atoms with Crippen molar-refractivity contribution in [1.82, 2.24) is 5.32 Å². The predicted octanol–water partition coefficient (Wildman–Crippen LogP) is 3.86. The molecule has 2 saturated carbocycles. The number of allylic oxidation sites excluding steroid dienone is 1. The van der Waals surface area contributed by atoms with Crippen LogP contribution in [0.3, 0.4) is 0 Å². The maximum absolute atomic E-state index is 15.3. The van der Waals surface area contributed by atoms with Crippen molar-refractivity contribution in [3.8, 4) is 11.5 Å². The van der Waals surface area contributed by atoms with E-state index < -0.39 is 113 Å². The first-order chi connectivity index (χ1) is 29.3. The molecule has 1 aliphatic heterocycles. The summed E-state index contributed by atoms with van der Waals surface area (Å²) in [6.07, 6.45) is -8.34. The van der Waals surface area contributed by atoms with Gasteiger partial charge in [0.1, 0.15) is 46.1 Å². The molecule has 350 valence electrons. The van der Waals surface area contributed by atoms with Crippen LogP contribution in [0, 0.1) is 17.3 Å². The quantitative estimate of drug-likeness (QED) is 0.0585. The highest BCUT2D eigenvalue weighted by molar-refractivity contribution is 8.76. The standard InChI is InChI=1S/C44H61NO16S2/c1-21(2)16-25(45-40(52)61-41(4,5)6)34(48)39(51)58-28-19-44(54)37(60-38(50)24-17-23(55-9)12-13-27(24)56-10)33-31(26(46)18-29-43(33,53)20-57-29)35(49)36(32(22(28)3)42(44,7)8)59-30(47)14-15-63-62-11/h12-13,16-17,25-26,28-29,31,33-34,36-37,46,48,53-54H,14-15,18-20H2,1-11H3,(H,45,52)/t25-,26-,28-,29+,31?,33+,34+,36+,37-,43-,44+/m0/s1. The van der Waals surface area contributed by atoms with Crippen molar-refractivity contribution >= 4 is 51.4 Å². The minimum absolute atomic E-state index is 0.00299. The number of rotatable bonds is 14. The predicted molar refractivity (Wildman–Crippen MR) is 231 cm³/mol. The average molecular weight is 924 g/mol. The van der Waals surface area contributed by atoms with E-state index in [2.05, 4.69) is 5.32 Å². The molecule has 0 aromatic heterocycles. The van der Waals surface area contributed by atoms with Gasteiger partial charge in [-0.2, -0.15) is 0 Å². The summed E-state index contributed by atoms with van der Waals surface area (Å²) >= 11 is 0. The van der Waals surface area contributed by atoms with E-state index in [1.807, 2.05) is 6.26 Å². The number of ketones is 1. The highest BCUT2D eigenvalue weighted by Crippen LogP contribution is 2.60. The SMILES string of the molecule is COc1ccc(OC)c(C(=O)O[C@H]2[C@H]3C(C(=O)[C@H](OC(=O)CCSSC)C4=C(C)[C@@H](OC(=O)[C@H](O)[C@H](C=C(C)C)NC(=O)OC(C)(C)C)C[C@]2(O)C4(C)C)[C@@H](O)C[C@H]2OC[C@@]32O)c1. The molecule has 4 aliphatic rings. The number of aliphatic hydroxyl groups is 4. The van der Waals surface area contributed by atoms with Gasteiger partial charge in [-0.25, -0.2) is 14.4 Å². The average Bonchev–Trinajstić information content (AvgIpc) is 3.19. The summed E-state index contributed by atoms with van der Waals surface area (Å²) in [6, 6.07) is 3.01. The smallest absolute Gasteiger partial charge is 0.408 e. The Kier molecular flexibility index (Phi) is 15.4. The lowest BCUT2D eigenvalue weighted by Crippen LogP contribution is -2.78. The lowest BCUT2D eigenvalue weighted by molar-refractivity contribution is -0.329. The first kappa shape index (κ1) is 50.2. The highest BCUT2D eigenvalue weighted by Gasteiger charge is 2.73. The second kappa shape index (κ2) is 19.3. The first-order valence-corrected chi connectivity index (χ1v) is 23.4. The number of alkyl carbamates (subject to hydrolysis) is 1. The Labute approximate surface area is 375 Å². The largest absolute Gasteiger partial charge is 0.497 e. The number of carbonyl (C=O) groups is 5. The second-order valence-corrected chi connectivity index (χ2v) is 20.9. The zero-order valence-electron chi connectivity index (χ0n) is 37.5. The number of hydrogen-bond donors (Lipinski definition) is 5. The van der Waals surface area contributed by atoms with E-state index >= 15 is 4.79 Å². The lowest BCUT2D eigenvalue weighted by Gasteiger charge is -2.64. The van der Waals surface area contributed by atoms with Crippen molar-refractivity contribution in [2.24, 2.45) is 17.3 Å². The third-order valence-electron chi connectivity index (χ3n) is 12.4. The van der Waals surface area contributed by atoms with E-state index in [4.69, 9.17) is 33.2 Å². The Hall–Kier alpha value is -3.85. The van der Waals surface area contributed by atoms with E-state index in [9.17, 15) is 39.6 Å². The molecule has 5 N–H and O–H groups in total. The van der Waals surface area contributed by atoms with Gasteiger partial charge in [-0.3, -0.25) is 9.59 Å². The van der Waals surface area contributed by atoms with Crippen molar-refractivity contribution < 1.29 is 77.6 Å². The molecule has 1 amide bonds. The van der Waals surface area contributed by atoms with Crippen LogP contribution < -0.4 is 14.8 Å². The van der Waals surface area contributed by atoms with E-state index in [0.717, 1.165) is 0 Å². The number of aliphatic hydroxyl groups excluding tert-OH is 2. The van der Waals surface area contributed by atoms with E-state index in [0.29, 0.717) is 11.3 Å². The normalized spacial score (nSPS) is 30.7. The van der Waals surface area contributed by atoms with Gasteiger partial charge in [-0.15, -0.1) is 0 Å². The molecule has 63 heavy (non-hydrogen) atoms. The number of esters is 3. The van der Waals surface area contributed by atoms with Crippen molar-refractivity contribution in [1.29, 1.82) is 0 Å². The molecule has 1 unspecified atom stereocenters. The number of hydrogen-bond acceptors (Lipinski definition) is 18. The van der Waals surface area contributed by atoms with E-state index in [1.54, 1.807) is 54.5 Å². The van der Waals surface area contributed by atoms with Crippen LogP contribution in [0.2, 0.25) is 0 Å². The summed E-state index contributed by atoms with van der Waals surface area (Å²) in [4.78, 5) is 70.4. The van der Waals surface area contributed by atoms with Crippen molar-refractivity contribution in [2.45, 2.75) is 134 Å². The number of nitrogens with one attached hydrogen (secondary N) is 1. The minimum Gasteiger partial charge on any atom is -0.497 e. The highest BCUT2D eigenvalue weighted by atomic mass is 33.1. The Morgan fingerprint density at radius 3 is 2.32 bits per heavy atom. The van der Waals surface area contributed by atoms with Crippen LogP contribution in [0.5, 0.6) is 11.5 Å². The third-order valence-corrected chi connectivity index (χ3v) is 14.2. The fraction of sp³-hybridized carbons (Fsp3) is 0.659. The van der Waals surface area contributed by atoms with Gasteiger partial charge in [-0.05, 0) is 77.1 Å². The molecule has 3 aliphatic carbocycles. The van der Waals surface area contributed by atoms with Gasteiger partial charge in [0.2, 0.25) is 0 Å². The molecule has 3 fully saturated rings. The zero-order chi connectivity index (χ0) is 47.0. The third kappa shape index (κ3) is 10.0. The lowest BCUT2D eigenvalue weighted by atomic mass is 9.49. The molecule has 1 saturated heterocycles. The fourth-order valence-electron chi connectivity index (χ4n) is 9.24. The number of Topliss-reactive ketones (excluding diaryl/α,β-unsaturated/α-hetero) is 1. The van der Waals surface area contributed by atoms with Crippen molar-refractivity contribution in [3.63, 3.8) is 0 Å². The van der Waals surface area contributed by atoms with Gasteiger partial charge in [0, 0.05) is 29.9 Å². The number of carbonyl (C=O) groups excluding carboxylic acids is 5. The molecule has 19 heteroatoms. The van der Waals surface area contributed by atoms with Crippen LogP contribution in [-0.2, 0) is 38.1 Å². The number of methoxy groups -OCH3 is 2. The van der Waals surface area contributed by atoms with Gasteiger partial charge in [0.15, 0.2) is 18.0 Å². The Bertz CT molecular complexity index is 1990. The molecular weight excluding hydrogens is 863 g/mol. The molecule has 1 aromatic rings. The molecule has 2 bridgehead atoms. The molecule has 0 spiro atoms. The topological polar surface area (TPSA) is 243 Å². The molecule has 1 aromatic carbocycles. The maximum atomic E-state index is 15.3. The second-order valence-electron chi connectivity index (χ2n) is 18.2. The zero-order valence-corrected chi connectivity index (χ0v) is 39.2. The Balaban J connectivity index is 1.70. The van der Waals surface area contributed by atoms with E-state index in [-0.39, 0.29) is 47.7 Å². The minimum atomic E-state index is -2.41. The van der Waals surface area contributed by atoms with Crippen LogP contribution in [0.15, 0.2) is 41.0 Å². The molecular formula is C44H61NO16S2. The van der Waals surface area contributed by atoms with Gasteiger partial charge >= 0.3 is 24.0 Å². The number of amides is 1. The summed E-state index contributed by atoms with van der Waals surface area (Å²) in [5.41, 5.74) is -6.35. The molecule has 17 nitrogen and oxygen atoms in total. The summed E-state index contributed by atoms with van der Waals surface area (Å²) in [5.74, 6) is -6.47. The van der Waals surface area contributed by atoms with Crippen LogP contribution in [0.1, 0.15) is 85.0 Å². The molecule has 0 radical (unpaired) electrons. The summed E-state index contributed by atoms with van der Waals surface area (Å²) in [7, 11) is 5.53. The van der Waals surface area contributed by atoms with Crippen LogP contribution in [0.25, 0.3) is 0 Å². The first-order valence-electron chi connectivity index (χ1n) is 20.7. The van der Waals surface area contributed by atoms with Crippen LogP contribution >= 0.6 is 21.6 Å². The number of ether oxygens (including phenoxy) is 7. The van der Waals surface area contributed by atoms with Crippen LogP contribution in [-0.4, -0.2) is 143 Å². The molecule has 5 rings (SSSR count). The summed E-state index contributed by atoms with van der Waals surface area (Å²) in [6.45, 7) is 12.6. The molecule has 1 heterocycles. The van der Waals surface area contributed by atoms with Gasteiger partial charge in [-0.1, -0.05) is 47.1 Å². The van der Waals surface area contributed by atoms with Crippen molar-refractivity contribution in [3.05, 3.63) is 46.6 Å². The molecule has 11 atom stereocenters. The fourth-order valence-corrected chi connectivity index (χ4v) is 10.4. The number of benzene rings is 1. The monoisotopic (exact) mass is 923 g/mol. The maximum Gasteiger partial charge on any atom is 0.408 e. The van der Waals surface area contributed by atoms with Crippen LogP contribution in [0.4, 0.5) is 4.79 Å². The van der Waals surface area contributed by atoms with Gasteiger partial charge in [0.05, 0.1) is 51.4 Å². The van der Waals surface area contributed by atoms with E-state index in [1.165, 1.54) is 60.9 Å². The van der Waals surface area contributed by atoms with Gasteiger partial charge < -0.3 is 58.9 Å². The summed E-state index contributed by atoms with van der Waals surface area (Å²) < 4.78 is 40.3. The van der Waals surface area contributed by atoms with Gasteiger partial charge in [0.25, 0.3) is 0 Å². The number of fused-ring (bicyclic) bond motifs is 5. The van der Waals surface area contributed by atoms with Crippen molar-refractivity contribution in [2.75, 3.05) is 32.8 Å². The Morgan fingerprint density at radius 2 is 1.75 bits per heavy atom. The Morgan fingerprint density at radius 1 is 1.06 bits per heavy atom. The summed E-state index contributed by atoms with van der Waals surface area (Å²) in [5, 5.41) is 51.9.